The fourth-order valence-electron chi connectivity index (χ4n) is 1.86. The maximum absolute atomic E-state index is 13.0. The fourth-order valence-corrected chi connectivity index (χ4v) is 2.38. The number of alkyl halides is 1. The lowest BCUT2D eigenvalue weighted by Gasteiger charge is -2.09. The zero-order chi connectivity index (χ0) is 13.3. The van der Waals surface area contributed by atoms with Crippen LogP contribution in [-0.2, 0) is 6.54 Å². The van der Waals surface area contributed by atoms with E-state index in [0.29, 0.717) is 11.1 Å². The zero-order valence-corrected chi connectivity index (χ0v) is 11.7. The number of pyridine rings is 1. The maximum atomic E-state index is 13.0. The number of fused-ring (bicyclic) bond motifs is 1. The Hall–Kier alpha value is -1.36. The topological polar surface area (TPSA) is 31.2 Å². The van der Waals surface area contributed by atoms with E-state index in [9.17, 15) is 9.18 Å². The fraction of sp³-hybridized carbons (Fsp3) is 0.308. The molecule has 0 radical (unpaired) electrons. The second-order valence-electron chi connectivity index (χ2n) is 4.13. The number of methoxy groups -OCH3 is 1. The van der Waals surface area contributed by atoms with Gasteiger partial charge in [0.1, 0.15) is 11.9 Å². The van der Waals surface area contributed by atoms with Crippen molar-refractivity contribution in [3.8, 4) is 5.75 Å². The van der Waals surface area contributed by atoms with Gasteiger partial charge < -0.3 is 9.30 Å². The van der Waals surface area contributed by atoms with Crippen LogP contribution in [0.25, 0.3) is 10.8 Å². The lowest BCUT2D eigenvalue weighted by atomic mass is 10.1. The van der Waals surface area contributed by atoms with E-state index in [2.05, 4.69) is 15.9 Å². The van der Waals surface area contributed by atoms with E-state index < -0.39 is 6.17 Å². The average Bonchev–Trinajstić information content (AvgIpc) is 2.32. The molecule has 0 saturated carbocycles. The van der Waals surface area contributed by atoms with Gasteiger partial charge in [-0.15, -0.1) is 0 Å². The number of hydrogen-bond acceptors (Lipinski definition) is 2. The SMILES string of the molecule is COc1cc2c(=O)n(CC(C)F)ccc2cc1Br. The van der Waals surface area contributed by atoms with Gasteiger partial charge in [-0.25, -0.2) is 4.39 Å². The van der Waals surface area contributed by atoms with Gasteiger partial charge in [0, 0.05) is 6.20 Å². The monoisotopic (exact) mass is 313 g/mol. The summed E-state index contributed by atoms with van der Waals surface area (Å²) in [4.78, 5) is 12.2. The van der Waals surface area contributed by atoms with Crippen molar-refractivity contribution in [2.45, 2.75) is 19.6 Å². The maximum Gasteiger partial charge on any atom is 0.258 e. The molecule has 0 fully saturated rings. The summed E-state index contributed by atoms with van der Waals surface area (Å²) in [6, 6.07) is 5.28. The molecule has 0 aliphatic rings. The summed E-state index contributed by atoms with van der Waals surface area (Å²) in [6.07, 6.45) is 0.553. The van der Waals surface area contributed by atoms with Gasteiger partial charge >= 0.3 is 0 Å². The highest BCUT2D eigenvalue weighted by atomic mass is 79.9. The second-order valence-corrected chi connectivity index (χ2v) is 4.98. The smallest absolute Gasteiger partial charge is 0.258 e. The predicted molar refractivity (Wildman–Crippen MR) is 73.0 cm³/mol. The molecule has 0 aliphatic carbocycles. The lowest BCUT2D eigenvalue weighted by molar-refractivity contribution is 0.318. The minimum atomic E-state index is -1.06. The Balaban J connectivity index is 2.66. The molecule has 96 valence electrons. The third kappa shape index (κ3) is 2.41. The Bertz CT molecular complexity index is 637. The lowest BCUT2D eigenvalue weighted by Crippen LogP contribution is -2.23. The van der Waals surface area contributed by atoms with Crippen LogP contribution < -0.4 is 10.3 Å². The largest absolute Gasteiger partial charge is 0.496 e. The molecule has 0 bridgehead atoms. The third-order valence-electron chi connectivity index (χ3n) is 2.70. The molecule has 1 aromatic carbocycles. The van der Waals surface area contributed by atoms with Crippen molar-refractivity contribution in [3.05, 3.63) is 39.2 Å². The van der Waals surface area contributed by atoms with Crippen molar-refractivity contribution in [3.63, 3.8) is 0 Å². The third-order valence-corrected chi connectivity index (χ3v) is 3.32. The van der Waals surface area contributed by atoms with Gasteiger partial charge in [-0.2, -0.15) is 0 Å². The molecule has 2 aromatic rings. The number of nitrogens with zero attached hydrogens (tertiary/aromatic N) is 1. The Morgan fingerprint density at radius 3 is 2.83 bits per heavy atom. The summed E-state index contributed by atoms with van der Waals surface area (Å²) >= 11 is 3.37. The second kappa shape index (κ2) is 5.10. The average molecular weight is 314 g/mol. The molecule has 1 atom stereocenters. The normalized spacial score (nSPS) is 12.7. The van der Waals surface area contributed by atoms with Crippen LogP contribution >= 0.6 is 15.9 Å². The molecule has 0 spiro atoms. The van der Waals surface area contributed by atoms with E-state index in [-0.39, 0.29) is 12.1 Å². The zero-order valence-electron chi connectivity index (χ0n) is 10.1. The van der Waals surface area contributed by atoms with Crippen LogP contribution in [-0.4, -0.2) is 17.8 Å². The Morgan fingerprint density at radius 1 is 1.50 bits per heavy atom. The van der Waals surface area contributed by atoms with Gasteiger partial charge in [0.15, 0.2) is 0 Å². The molecule has 2 rings (SSSR count). The van der Waals surface area contributed by atoms with Crippen LogP contribution in [0.5, 0.6) is 5.75 Å². The standard InChI is InChI=1S/C13H13BrFNO2/c1-8(15)7-16-4-3-9-5-11(14)12(18-2)6-10(9)13(16)17/h3-6,8H,7H2,1-2H3. The first kappa shape index (κ1) is 13.1. The van der Waals surface area contributed by atoms with Gasteiger partial charge in [0.05, 0.1) is 23.5 Å². The molecule has 0 saturated heterocycles. The summed E-state index contributed by atoms with van der Waals surface area (Å²) in [5, 5.41) is 1.33. The summed E-state index contributed by atoms with van der Waals surface area (Å²) in [7, 11) is 1.54. The Kier molecular flexibility index (Phi) is 3.71. The van der Waals surface area contributed by atoms with E-state index in [1.807, 2.05) is 6.07 Å². The summed E-state index contributed by atoms with van der Waals surface area (Å²) in [5.41, 5.74) is -0.206. The van der Waals surface area contributed by atoms with Crippen LogP contribution in [0.15, 0.2) is 33.7 Å². The Morgan fingerprint density at radius 2 is 2.22 bits per heavy atom. The highest BCUT2D eigenvalue weighted by Gasteiger charge is 2.09. The summed E-state index contributed by atoms with van der Waals surface area (Å²) < 4.78 is 20.3. The number of aromatic nitrogens is 1. The molecule has 5 heteroatoms. The molecule has 0 N–H and O–H groups in total. The van der Waals surface area contributed by atoms with Gasteiger partial charge in [0.2, 0.25) is 0 Å². The molecular formula is C13H13BrFNO2. The Labute approximate surface area is 112 Å². The van der Waals surface area contributed by atoms with Gasteiger partial charge in [-0.1, -0.05) is 0 Å². The highest BCUT2D eigenvalue weighted by molar-refractivity contribution is 9.10. The van der Waals surface area contributed by atoms with Gasteiger partial charge in [0.25, 0.3) is 5.56 Å². The molecule has 1 aromatic heterocycles. The van der Waals surface area contributed by atoms with Crippen LogP contribution in [0, 0.1) is 0 Å². The molecule has 0 amide bonds. The van der Waals surface area contributed by atoms with Crippen molar-refractivity contribution in [1.29, 1.82) is 0 Å². The molecule has 0 aliphatic heterocycles. The van der Waals surface area contributed by atoms with E-state index >= 15 is 0 Å². The minimum Gasteiger partial charge on any atom is -0.496 e. The van der Waals surface area contributed by atoms with Crippen molar-refractivity contribution in [1.82, 2.24) is 4.57 Å². The van der Waals surface area contributed by atoms with Crippen molar-refractivity contribution in [2.24, 2.45) is 0 Å². The first-order valence-electron chi connectivity index (χ1n) is 5.53. The first-order chi connectivity index (χ1) is 8.52. The quantitative estimate of drug-likeness (QED) is 0.871. The van der Waals surface area contributed by atoms with Crippen LogP contribution in [0.1, 0.15) is 6.92 Å². The van der Waals surface area contributed by atoms with Gasteiger partial charge in [-0.3, -0.25) is 4.79 Å². The van der Waals surface area contributed by atoms with E-state index in [0.717, 1.165) is 9.86 Å². The first-order valence-corrected chi connectivity index (χ1v) is 6.33. The van der Waals surface area contributed by atoms with Crippen LogP contribution in [0.4, 0.5) is 4.39 Å². The highest BCUT2D eigenvalue weighted by Crippen LogP contribution is 2.28. The van der Waals surface area contributed by atoms with Crippen molar-refractivity contribution in [2.75, 3.05) is 7.11 Å². The number of ether oxygens (including phenoxy) is 1. The van der Waals surface area contributed by atoms with E-state index in [1.54, 1.807) is 18.3 Å². The van der Waals surface area contributed by atoms with Crippen LogP contribution in [0.2, 0.25) is 0 Å². The van der Waals surface area contributed by atoms with Gasteiger partial charge in [-0.05, 0) is 46.4 Å². The van der Waals surface area contributed by atoms with Crippen molar-refractivity contribution < 1.29 is 9.13 Å². The molecule has 1 heterocycles. The minimum absolute atomic E-state index is 0.0627. The molecule has 18 heavy (non-hydrogen) atoms. The summed E-state index contributed by atoms with van der Waals surface area (Å²) in [6.45, 7) is 1.49. The molecule has 1 unspecified atom stereocenters. The predicted octanol–water partition coefficient (Wildman–Crippen LogP) is 3.13. The molecular weight excluding hydrogens is 301 g/mol. The van der Waals surface area contributed by atoms with E-state index in [1.165, 1.54) is 18.6 Å². The number of rotatable bonds is 3. The number of halogens is 2. The number of hydrogen-bond donors (Lipinski definition) is 0. The summed E-state index contributed by atoms with van der Waals surface area (Å²) in [5.74, 6) is 0.589. The molecule has 3 nitrogen and oxygen atoms in total. The van der Waals surface area contributed by atoms with Crippen molar-refractivity contribution >= 4 is 26.7 Å². The van der Waals surface area contributed by atoms with E-state index in [4.69, 9.17) is 4.74 Å². The van der Waals surface area contributed by atoms with Crippen LogP contribution in [0.3, 0.4) is 0 Å². The number of benzene rings is 1.